The van der Waals surface area contributed by atoms with Crippen molar-refractivity contribution in [3.05, 3.63) is 21.9 Å². The van der Waals surface area contributed by atoms with E-state index in [9.17, 15) is 4.79 Å². The molecule has 12 heavy (non-hydrogen) atoms. The number of carboxylic acid groups (broad SMARTS) is 1. The van der Waals surface area contributed by atoms with Crippen molar-refractivity contribution in [2.75, 3.05) is 6.54 Å². The van der Waals surface area contributed by atoms with Crippen molar-refractivity contribution in [1.82, 2.24) is 0 Å². The van der Waals surface area contributed by atoms with Gasteiger partial charge in [0.05, 0.1) is 6.04 Å². The van der Waals surface area contributed by atoms with Gasteiger partial charge in [0.1, 0.15) is 4.88 Å². The van der Waals surface area contributed by atoms with E-state index >= 15 is 0 Å². The van der Waals surface area contributed by atoms with E-state index in [0.29, 0.717) is 11.4 Å². The third-order valence-corrected chi connectivity index (χ3v) is 2.66. The van der Waals surface area contributed by atoms with Crippen molar-refractivity contribution in [2.24, 2.45) is 11.5 Å². The summed E-state index contributed by atoms with van der Waals surface area (Å²) in [6.45, 7) is 0.333. The van der Waals surface area contributed by atoms with Crippen LogP contribution in [0.4, 0.5) is 0 Å². The van der Waals surface area contributed by atoms with Crippen LogP contribution in [0.1, 0.15) is 20.6 Å². The van der Waals surface area contributed by atoms with Gasteiger partial charge in [-0.3, -0.25) is 0 Å². The molecule has 1 rings (SSSR count). The third-order valence-electron chi connectivity index (χ3n) is 1.46. The van der Waals surface area contributed by atoms with E-state index in [-0.39, 0.29) is 6.04 Å². The van der Waals surface area contributed by atoms with E-state index in [1.54, 1.807) is 6.07 Å². The predicted molar refractivity (Wildman–Crippen MR) is 47.3 cm³/mol. The molecular weight excluding hydrogens is 176 g/mol. The summed E-state index contributed by atoms with van der Waals surface area (Å²) in [6, 6.07) is 2.99. The molecule has 0 bridgehead atoms. The Bertz CT molecular complexity index is 285. The zero-order valence-electron chi connectivity index (χ0n) is 6.36. The second-order valence-electron chi connectivity index (χ2n) is 2.35. The van der Waals surface area contributed by atoms with E-state index in [2.05, 4.69) is 0 Å². The van der Waals surface area contributed by atoms with Gasteiger partial charge in [-0.15, -0.1) is 11.3 Å². The predicted octanol–water partition coefficient (Wildman–Crippen LogP) is 0.405. The number of aromatic carboxylic acids is 1. The fourth-order valence-electron chi connectivity index (χ4n) is 0.783. The molecule has 1 aromatic rings. The highest BCUT2D eigenvalue weighted by atomic mass is 32.1. The summed E-state index contributed by atoms with van der Waals surface area (Å²) in [5, 5.41) is 8.59. The van der Waals surface area contributed by atoms with Gasteiger partial charge in [0.2, 0.25) is 0 Å². The maximum absolute atomic E-state index is 10.5. The van der Waals surface area contributed by atoms with E-state index < -0.39 is 5.97 Å². The Morgan fingerprint density at radius 3 is 2.75 bits per heavy atom. The molecule has 0 amide bonds. The standard InChI is InChI=1S/C7H10N2O2S/c8-3-4(9)5-1-2-6(12-5)7(10)11/h1-2,4H,3,8-9H2,(H,10,11)/t4-/m1/s1. The van der Waals surface area contributed by atoms with Gasteiger partial charge < -0.3 is 16.6 Å². The normalized spacial score (nSPS) is 12.8. The molecule has 0 radical (unpaired) electrons. The Morgan fingerprint density at radius 1 is 1.67 bits per heavy atom. The fraction of sp³-hybridized carbons (Fsp3) is 0.286. The van der Waals surface area contributed by atoms with Gasteiger partial charge in [-0.05, 0) is 12.1 Å². The first-order chi connectivity index (χ1) is 5.65. The van der Waals surface area contributed by atoms with Crippen molar-refractivity contribution in [3.8, 4) is 0 Å². The minimum absolute atomic E-state index is 0.247. The molecule has 66 valence electrons. The van der Waals surface area contributed by atoms with E-state index in [1.165, 1.54) is 17.4 Å². The summed E-state index contributed by atoms with van der Waals surface area (Å²) in [7, 11) is 0. The van der Waals surface area contributed by atoms with Crippen LogP contribution in [0.25, 0.3) is 0 Å². The minimum Gasteiger partial charge on any atom is -0.477 e. The average Bonchev–Trinajstić information content (AvgIpc) is 2.51. The van der Waals surface area contributed by atoms with Gasteiger partial charge in [-0.1, -0.05) is 0 Å². The molecule has 0 aliphatic heterocycles. The molecule has 0 saturated heterocycles. The van der Waals surface area contributed by atoms with Crippen molar-refractivity contribution < 1.29 is 9.90 Å². The average molecular weight is 186 g/mol. The van der Waals surface area contributed by atoms with Crippen LogP contribution < -0.4 is 11.5 Å². The summed E-state index contributed by atoms with van der Waals surface area (Å²) in [5.74, 6) is -0.921. The molecule has 1 aromatic heterocycles. The largest absolute Gasteiger partial charge is 0.477 e. The molecule has 1 heterocycles. The lowest BCUT2D eigenvalue weighted by Crippen LogP contribution is -2.19. The third kappa shape index (κ3) is 1.82. The van der Waals surface area contributed by atoms with Gasteiger partial charge in [-0.25, -0.2) is 4.79 Å². The fourth-order valence-corrected chi connectivity index (χ4v) is 1.64. The Labute approximate surface area is 73.8 Å². The van der Waals surface area contributed by atoms with Gasteiger partial charge >= 0.3 is 5.97 Å². The molecule has 0 fully saturated rings. The highest BCUT2D eigenvalue weighted by Crippen LogP contribution is 2.20. The monoisotopic (exact) mass is 186 g/mol. The maximum atomic E-state index is 10.5. The molecule has 0 spiro atoms. The van der Waals surface area contributed by atoms with Crippen LogP contribution >= 0.6 is 11.3 Å². The highest BCUT2D eigenvalue weighted by molar-refractivity contribution is 7.14. The van der Waals surface area contributed by atoms with Crippen LogP contribution in [0.3, 0.4) is 0 Å². The van der Waals surface area contributed by atoms with Crippen LogP contribution in [0.15, 0.2) is 12.1 Å². The van der Waals surface area contributed by atoms with Crippen molar-refractivity contribution >= 4 is 17.3 Å². The second-order valence-corrected chi connectivity index (χ2v) is 3.46. The molecule has 5 heteroatoms. The van der Waals surface area contributed by atoms with Gasteiger partial charge in [0.15, 0.2) is 0 Å². The molecule has 0 aliphatic carbocycles. The number of hydrogen-bond donors (Lipinski definition) is 3. The molecule has 0 aliphatic rings. The van der Waals surface area contributed by atoms with Crippen LogP contribution in [0.2, 0.25) is 0 Å². The van der Waals surface area contributed by atoms with Crippen LogP contribution in [0, 0.1) is 0 Å². The zero-order chi connectivity index (χ0) is 9.14. The molecule has 0 unspecified atom stereocenters. The summed E-state index contributed by atoms with van der Waals surface area (Å²) >= 11 is 1.17. The SMILES string of the molecule is NC[C@@H](N)c1ccc(C(=O)O)s1. The number of thiophene rings is 1. The number of nitrogens with two attached hydrogens (primary N) is 2. The number of carbonyl (C=O) groups is 1. The molecular formula is C7H10N2O2S. The summed E-state index contributed by atoms with van der Waals surface area (Å²) in [5.41, 5.74) is 10.9. The Hall–Kier alpha value is -0.910. The topological polar surface area (TPSA) is 89.3 Å². The Kier molecular flexibility index (Phi) is 2.80. The lowest BCUT2D eigenvalue weighted by molar-refractivity contribution is 0.0702. The van der Waals surface area contributed by atoms with E-state index in [1.807, 2.05) is 0 Å². The van der Waals surface area contributed by atoms with Crippen LogP contribution in [0.5, 0.6) is 0 Å². The van der Waals surface area contributed by atoms with Crippen LogP contribution in [-0.2, 0) is 0 Å². The quantitative estimate of drug-likeness (QED) is 0.637. The minimum atomic E-state index is -0.921. The first-order valence-corrected chi connectivity index (χ1v) is 4.25. The molecule has 1 atom stereocenters. The molecule has 4 nitrogen and oxygen atoms in total. The first-order valence-electron chi connectivity index (χ1n) is 3.44. The number of rotatable bonds is 3. The Morgan fingerprint density at radius 2 is 2.33 bits per heavy atom. The van der Waals surface area contributed by atoms with Gasteiger partial charge in [0.25, 0.3) is 0 Å². The van der Waals surface area contributed by atoms with Crippen molar-refractivity contribution in [2.45, 2.75) is 6.04 Å². The highest BCUT2D eigenvalue weighted by Gasteiger charge is 2.10. The summed E-state index contributed by atoms with van der Waals surface area (Å²) in [4.78, 5) is 11.6. The maximum Gasteiger partial charge on any atom is 0.345 e. The first kappa shape index (κ1) is 9.18. The Balaban J connectivity index is 2.84. The van der Waals surface area contributed by atoms with Gasteiger partial charge in [0, 0.05) is 11.4 Å². The van der Waals surface area contributed by atoms with Gasteiger partial charge in [-0.2, -0.15) is 0 Å². The molecule has 0 saturated carbocycles. The van der Waals surface area contributed by atoms with E-state index in [0.717, 1.165) is 4.88 Å². The smallest absolute Gasteiger partial charge is 0.345 e. The lowest BCUT2D eigenvalue weighted by Gasteiger charge is -2.03. The zero-order valence-corrected chi connectivity index (χ0v) is 7.17. The van der Waals surface area contributed by atoms with E-state index in [4.69, 9.17) is 16.6 Å². The summed E-state index contributed by atoms with van der Waals surface area (Å²) in [6.07, 6.45) is 0. The van der Waals surface area contributed by atoms with Crippen molar-refractivity contribution in [1.29, 1.82) is 0 Å². The van der Waals surface area contributed by atoms with Crippen LogP contribution in [-0.4, -0.2) is 17.6 Å². The summed E-state index contributed by atoms with van der Waals surface area (Å²) < 4.78 is 0. The van der Waals surface area contributed by atoms with Crippen molar-refractivity contribution in [3.63, 3.8) is 0 Å². The lowest BCUT2D eigenvalue weighted by atomic mass is 10.2. The number of carboxylic acids is 1. The number of hydrogen-bond acceptors (Lipinski definition) is 4. The molecule has 5 N–H and O–H groups in total. The second kappa shape index (κ2) is 3.66. The molecule has 0 aromatic carbocycles.